The van der Waals surface area contributed by atoms with Crippen molar-refractivity contribution in [3.8, 4) is 5.75 Å². The number of hydrogen-bond acceptors (Lipinski definition) is 4. The minimum Gasteiger partial charge on any atom is -0.488 e. The van der Waals surface area contributed by atoms with Gasteiger partial charge in [-0.25, -0.2) is 4.79 Å². The largest absolute Gasteiger partial charge is 0.488 e. The Morgan fingerprint density at radius 1 is 1.07 bits per heavy atom. The number of fused-ring (bicyclic) bond motifs is 1. The molecule has 5 nitrogen and oxygen atoms in total. The molecular weight excluding hydrogens is 363 g/mol. The van der Waals surface area contributed by atoms with Crippen LogP contribution in [0.15, 0.2) is 54.1 Å². The third kappa shape index (κ3) is 4.66. The maximum absolute atomic E-state index is 12.5. The van der Waals surface area contributed by atoms with Gasteiger partial charge in [-0.2, -0.15) is 13.2 Å². The van der Waals surface area contributed by atoms with Crippen LogP contribution < -0.4 is 10.1 Å². The number of amides is 1. The molecule has 0 bridgehead atoms. The number of anilines is 1. The molecule has 3 rings (SSSR count). The third-order valence-corrected chi connectivity index (χ3v) is 3.72. The zero-order chi connectivity index (χ0) is 19.4. The van der Waals surface area contributed by atoms with Gasteiger partial charge < -0.3 is 14.8 Å². The number of alkyl halides is 3. The van der Waals surface area contributed by atoms with Gasteiger partial charge >= 0.3 is 12.1 Å². The van der Waals surface area contributed by atoms with E-state index in [2.05, 4.69) is 5.32 Å². The zero-order valence-electron chi connectivity index (χ0n) is 13.9. The molecule has 27 heavy (non-hydrogen) atoms. The molecule has 0 saturated carbocycles. The molecule has 0 radical (unpaired) electrons. The normalized spacial score (nSPS) is 13.1. The van der Waals surface area contributed by atoms with E-state index in [1.165, 1.54) is 0 Å². The van der Waals surface area contributed by atoms with Gasteiger partial charge in [-0.15, -0.1) is 0 Å². The van der Waals surface area contributed by atoms with Gasteiger partial charge in [-0.1, -0.05) is 18.2 Å². The number of carbonyl (C=O) groups is 2. The van der Waals surface area contributed by atoms with Crippen molar-refractivity contribution in [3.63, 3.8) is 0 Å². The van der Waals surface area contributed by atoms with Gasteiger partial charge in [0.25, 0.3) is 5.91 Å². The molecule has 1 heterocycles. The summed E-state index contributed by atoms with van der Waals surface area (Å²) in [6.07, 6.45) is -2.83. The van der Waals surface area contributed by atoms with Crippen molar-refractivity contribution in [3.05, 3.63) is 65.2 Å². The van der Waals surface area contributed by atoms with E-state index < -0.39 is 30.2 Å². The van der Waals surface area contributed by atoms with Crippen molar-refractivity contribution in [1.29, 1.82) is 0 Å². The summed E-state index contributed by atoms with van der Waals surface area (Å²) >= 11 is 0. The van der Waals surface area contributed by atoms with Gasteiger partial charge in [0, 0.05) is 11.3 Å². The maximum Gasteiger partial charge on any atom is 0.416 e. The van der Waals surface area contributed by atoms with Gasteiger partial charge in [0.2, 0.25) is 0 Å². The van der Waals surface area contributed by atoms with E-state index in [0.717, 1.165) is 29.8 Å². The fraction of sp³-hybridized carbons (Fsp3) is 0.158. The second kappa shape index (κ2) is 7.53. The van der Waals surface area contributed by atoms with Crippen LogP contribution in [0.5, 0.6) is 5.75 Å². The van der Waals surface area contributed by atoms with Crippen LogP contribution in [0.4, 0.5) is 18.9 Å². The lowest BCUT2D eigenvalue weighted by molar-refractivity contribution is -0.143. The molecule has 0 aromatic heterocycles. The number of rotatable bonds is 4. The molecule has 8 heteroatoms. The van der Waals surface area contributed by atoms with Crippen LogP contribution in [0.3, 0.4) is 0 Å². The Hall–Kier alpha value is -3.29. The Morgan fingerprint density at radius 3 is 2.48 bits per heavy atom. The lowest BCUT2D eigenvalue weighted by atomic mass is 10.1. The average Bonchev–Trinajstić information content (AvgIpc) is 2.65. The Morgan fingerprint density at radius 2 is 1.78 bits per heavy atom. The quantitative estimate of drug-likeness (QED) is 0.826. The third-order valence-electron chi connectivity index (χ3n) is 3.72. The first-order valence-electron chi connectivity index (χ1n) is 7.89. The summed E-state index contributed by atoms with van der Waals surface area (Å²) in [5.74, 6) is -0.720. The smallest absolute Gasteiger partial charge is 0.416 e. The number of para-hydroxylation sites is 1. The molecule has 1 N–H and O–H groups in total. The van der Waals surface area contributed by atoms with Gasteiger partial charge in [0.05, 0.1) is 11.1 Å². The van der Waals surface area contributed by atoms with Crippen molar-refractivity contribution in [2.75, 3.05) is 18.5 Å². The summed E-state index contributed by atoms with van der Waals surface area (Å²) in [5, 5.41) is 2.36. The Bertz CT molecular complexity index is 889. The summed E-state index contributed by atoms with van der Waals surface area (Å²) < 4.78 is 47.9. The van der Waals surface area contributed by atoms with Crippen LogP contribution in [-0.2, 0) is 20.5 Å². The van der Waals surface area contributed by atoms with Crippen molar-refractivity contribution >= 4 is 23.6 Å². The number of esters is 1. The highest BCUT2D eigenvalue weighted by Crippen LogP contribution is 2.30. The first-order chi connectivity index (χ1) is 12.8. The summed E-state index contributed by atoms with van der Waals surface area (Å²) in [7, 11) is 0. The van der Waals surface area contributed by atoms with Crippen LogP contribution >= 0.6 is 0 Å². The van der Waals surface area contributed by atoms with E-state index in [-0.39, 0.29) is 17.9 Å². The lowest BCUT2D eigenvalue weighted by Crippen LogP contribution is -2.24. The topological polar surface area (TPSA) is 64.6 Å². The number of halogens is 3. The molecule has 2 aromatic carbocycles. The van der Waals surface area contributed by atoms with Crippen molar-refractivity contribution in [2.45, 2.75) is 6.18 Å². The van der Waals surface area contributed by atoms with E-state index in [1.807, 2.05) is 6.07 Å². The van der Waals surface area contributed by atoms with E-state index in [1.54, 1.807) is 24.3 Å². The Kier molecular flexibility index (Phi) is 5.16. The summed E-state index contributed by atoms with van der Waals surface area (Å²) in [6, 6.07) is 11.1. The molecule has 1 aliphatic rings. The first kappa shape index (κ1) is 18.5. The molecule has 0 aliphatic carbocycles. The molecule has 140 valence electrons. The number of carbonyl (C=O) groups excluding carboxylic acids is 2. The lowest BCUT2D eigenvalue weighted by Gasteiger charge is -2.16. The molecule has 1 aliphatic heterocycles. The van der Waals surface area contributed by atoms with Gasteiger partial charge in [0.15, 0.2) is 6.61 Å². The van der Waals surface area contributed by atoms with E-state index in [9.17, 15) is 22.8 Å². The molecule has 1 amide bonds. The van der Waals surface area contributed by atoms with Crippen molar-refractivity contribution in [1.82, 2.24) is 0 Å². The van der Waals surface area contributed by atoms with Crippen LogP contribution in [0.25, 0.3) is 6.08 Å². The fourth-order valence-electron chi connectivity index (χ4n) is 2.40. The number of hydrogen-bond donors (Lipinski definition) is 1. The van der Waals surface area contributed by atoms with Crippen LogP contribution in [0, 0.1) is 0 Å². The Balaban J connectivity index is 1.53. The Labute approximate surface area is 152 Å². The average molecular weight is 377 g/mol. The second-order valence-corrected chi connectivity index (χ2v) is 5.70. The molecule has 0 atom stereocenters. The fourth-order valence-corrected chi connectivity index (χ4v) is 2.40. The molecule has 0 spiro atoms. The minimum atomic E-state index is -4.45. The zero-order valence-corrected chi connectivity index (χ0v) is 13.9. The highest BCUT2D eigenvalue weighted by Gasteiger charge is 2.30. The van der Waals surface area contributed by atoms with Gasteiger partial charge in [0.1, 0.15) is 12.4 Å². The predicted octanol–water partition coefficient (Wildman–Crippen LogP) is 3.66. The van der Waals surface area contributed by atoms with E-state index in [4.69, 9.17) is 9.47 Å². The van der Waals surface area contributed by atoms with Crippen LogP contribution in [-0.4, -0.2) is 25.1 Å². The summed E-state index contributed by atoms with van der Waals surface area (Å²) in [4.78, 5) is 23.9. The highest BCUT2D eigenvalue weighted by atomic mass is 19.4. The van der Waals surface area contributed by atoms with Crippen LogP contribution in [0.1, 0.15) is 11.1 Å². The molecule has 0 unspecified atom stereocenters. The predicted molar refractivity (Wildman–Crippen MR) is 90.9 cm³/mol. The summed E-state index contributed by atoms with van der Waals surface area (Å²) in [6.45, 7) is -0.546. The monoisotopic (exact) mass is 377 g/mol. The first-order valence-corrected chi connectivity index (χ1v) is 7.89. The molecule has 0 fully saturated rings. The molecular formula is C19H14F3NO4. The maximum atomic E-state index is 12.5. The van der Waals surface area contributed by atoms with Crippen molar-refractivity contribution < 1.29 is 32.2 Å². The van der Waals surface area contributed by atoms with Gasteiger partial charge in [-0.05, 0) is 36.4 Å². The number of benzene rings is 2. The second-order valence-electron chi connectivity index (χ2n) is 5.70. The summed E-state index contributed by atoms with van der Waals surface area (Å²) in [5.41, 5.74) is 0.329. The number of ether oxygens (including phenoxy) is 2. The van der Waals surface area contributed by atoms with Crippen molar-refractivity contribution in [2.24, 2.45) is 0 Å². The van der Waals surface area contributed by atoms with E-state index >= 15 is 0 Å². The SMILES string of the molecule is O=C(COC(=O)C1=Cc2ccccc2OC1)Nc1ccc(C(F)(F)F)cc1. The van der Waals surface area contributed by atoms with Gasteiger partial charge in [-0.3, -0.25) is 4.79 Å². The molecule has 2 aromatic rings. The standard InChI is InChI=1S/C19H14F3NO4/c20-19(21,22)14-5-7-15(8-6-14)23-17(24)11-27-18(25)13-9-12-3-1-2-4-16(12)26-10-13/h1-9H,10-11H2,(H,23,24). The minimum absolute atomic E-state index is 0.0242. The molecule has 0 saturated heterocycles. The highest BCUT2D eigenvalue weighted by molar-refractivity contribution is 5.98. The van der Waals surface area contributed by atoms with E-state index in [0.29, 0.717) is 5.75 Å². The number of nitrogens with one attached hydrogen (secondary N) is 1. The van der Waals surface area contributed by atoms with Crippen LogP contribution in [0.2, 0.25) is 0 Å².